The fraction of sp³-hybridized carbons (Fsp3) is 0.200. The van der Waals surface area contributed by atoms with E-state index >= 15 is 0 Å². The Morgan fingerprint density at radius 2 is 1.89 bits per heavy atom. The highest BCUT2D eigenvalue weighted by Crippen LogP contribution is 2.20. The molecule has 0 aliphatic rings. The van der Waals surface area contributed by atoms with Gasteiger partial charge in [-0.3, -0.25) is 14.4 Å². The number of hydrogen-bond donors (Lipinski definition) is 2. The molecule has 0 bridgehead atoms. The van der Waals surface area contributed by atoms with Crippen LogP contribution in [0.4, 0.5) is 5.69 Å². The predicted octanol–water partition coefficient (Wildman–Crippen LogP) is 2.96. The third kappa shape index (κ3) is 6.41. The zero-order valence-electron chi connectivity index (χ0n) is 15.1. The lowest BCUT2D eigenvalue weighted by Gasteiger charge is -2.17. The number of nitrogens with zero attached hydrogens (tertiary/aromatic N) is 1. The van der Waals surface area contributed by atoms with Gasteiger partial charge in [0.05, 0.1) is 23.0 Å². The maximum atomic E-state index is 12.1. The van der Waals surface area contributed by atoms with Crippen LogP contribution in [0.3, 0.4) is 0 Å². The highest BCUT2D eigenvalue weighted by atomic mass is 35.5. The van der Waals surface area contributed by atoms with E-state index in [1.54, 1.807) is 24.3 Å². The van der Waals surface area contributed by atoms with Gasteiger partial charge in [0.2, 0.25) is 5.91 Å². The van der Waals surface area contributed by atoms with Gasteiger partial charge in [0.15, 0.2) is 6.61 Å². The lowest BCUT2D eigenvalue weighted by atomic mass is 10.0. The molecular weight excluding hydrogens is 382 g/mol. The average Bonchev–Trinajstić information content (AvgIpc) is 2.66. The van der Waals surface area contributed by atoms with Crippen molar-refractivity contribution in [2.45, 2.75) is 19.4 Å². The molecule has 0 spiro atoms. The highest BCUT2D eigenvalue weighted by Gasteiger charge is 2.18. The van der Waals surface area contributed by atoms with Gasteiger partial charge in [0, 0.05) is 12.6 Å². The monoisotopic (exact) mass is 399 g/mol. The minimum absolute atomic E-state index is 0.112. The number of hydrogen-bond acceptors (Lipinski definition) is 5. The van der Waals surface area contributed by atoms with Crippen LogP contribution in [0.25, 0.3) is 0 Å². The Labute approximate surface area is 167 Å². The fourth-order valence-electron chi connectivity index (χ4n) is 2.44. The second-order valence-corrected chi connectivity index (χ2v) is 6.29. The van der Waals surface area contributed by atoms with Crippen molar-refractivity contribution in [3.8, 4) is 6.07 Å². The number of carbonyl (C=O) groups excluding carboxylic acids is 3. The molecule has 0 saturated carbocycles. The standard InChI is InChI=1S/C20H18ClN3O4/c1-13(25)23-18(14-5-3-2-4-6-14)10-20(27)28-12-19(26)24-16-8-7-15(11-22)17(21)9-16/h2-9,18H,10,12H2,1H3,(H,23,25)(H,24,26)/t18-/m0/s1. The molecule has 2 amide bonds. The second kappa shape index (κ2) is 10.1. The topological polar surface area (TPSA) is 108 Å². The van der Waals surface area contributed by atoms with Crippen LogP contribution in [0, 0.1) is 11.3 Å². The Morgan fingerprint density at radius 1 is 1.18 bits per heavy atom. The van der Waals surface area contributed by atoms with Gasteiger partial charge in [-0.05, 0) is 23.8 Å². The zero-order chi connectivity index (χ0) is 20.5. The van der Waals surface area contributed by atoms with Crippen LogP contribution in [0.5, 0.6) is 0 Å². The van der Waals surface area contributed by atoms with E-state index in [1.807, 2.05) is 12.1 Å². The summed E-state index contributed by atoms with van der Waals surface area (Å²) < 4.78 is 5.00. The van der Waals surface area contributed by atoms with Crippen molar-refractivity contribution in [1.82, 2.24) is 5.32 Å². The molecule has 28 heavy (non-hydrogen) atoms. The van der Waals surface area contributed by atoms with Gasteiger partial charge in [0.25, 0.3) is 5.91 Å². The molecule has 2 N–H and O–H groups in total. The Morgan fingerprint density at radius 3 is 2.50 bits per heavy atom. The summed E-state index contributed by atoms with van der Waals surface area (Å²) in [6.45, 7) is 0.871. The first-order valence-corrected chi connectivity index (χ1v) is 8.74. The van der Waals surface area contributed by atoms with Crippen molar-refractivity contribution in [2.24, 2.45) is 0 Å². The number of anilines is 1. The molecule has 8 heteroatoms. The molecule has 0 aliphatic carbocycles. The van der Waals surface area contributed by atoms with Crippen molar-refractivity contribution in [3.63, 3.8) is 0 Å². The Bertz CT molecular complexity index is 909. The second-order valence-electron chi connectivity index (χ2n) is 5.88. The summed E-state index contributed by atoms with van der Waals surface area (Å²) in [5, 5.41) is 14.3. The normalized spacial score (nSPS) is 11.0. The number of esters is 1. The van der Waals surface area contributed by atoms with Crippen molar-refractivity contribution in [2.75, 3.05) is 11.9 Å². The van der Waals surface area contributed by atoms with Gasteiger partial charge in [-0.15, -0.1) is 0 Å². The summed E-state index contributed by atoms with van der Waals surface area (Å²) >= 11 is 5.90. The van der Waals surface area contributed by atoms with Gasteiger partial charge in [-0.25, -0.2) is 0 Å². The molecule has 1 atom stereocenters. The zero-order valence-corrected chi connectivity index (χ0v) is 15.8. The van der Waals surface area contributed by atoms with Gasteiger partial charge in [-0.1, -0.05) is 41.9 Å². The fourth-order valence-corrected chi connectivity index (χ4v) is 2.66. The van der Waals surface area contributed by atoms with Gasteiger partial charge in [0.1, 0.15) is 6.07 Å². The number of rotatable bonds is 7. The number of amides is 2. The molecule has 2 aromatic carbocycles. The number of halogens is 1. The van der Waals surface area contributed by atoms with Crippen molar-refractivity contribution < 1.29 is 19.1 Å². The molecule has 0 radical (unpaired) electrons. The molecule has 7 nitrogen and oxygen atoms in total. The molecule has 0 saturated heterocycles. The number of nitrogens with one attached hydrogen (secondary N) is 2. The predicted molar refractivity (Wildman–Crippen MR) is 103 cm³/mol. The molecule has 144 valence electrons. The molecular formula is C20H18ClN3O4. The summed E-state index contributed by atoms with van der Waals surface area (Å²) in [5.74, 6) is -1.46. The van der Waals surface area contributed by atoms with Crippen LogP contribution in [0.15, 0.2) is 48.5 Å². The quantitative estimate of drug-likeness (QED) is 0.696. The first-order valence-electron chi connectivity index (χ1n) is 8.36. The van der Waals surface area contributed by atoms with E-state index in [9.17, 15) is 14.4 Å². The Balaban J connectivity index is 1.89. The van der Waals surface area contributed by atoms with Crippen LogP contribution in [0.1, 0.15) is 30.5 Å². The molecule has 0 aliphatic heterocycles. The van der Waals surface area contributed by atoms with Gasteiger partial charge >= 0.3 is 5.97 Å². The van der Waals surface area contributed by atoms with Crippen molar-refractivity contribution in [3.05, 3.63) is 64.7 Å². The van der Waals surface area contributed by atoms with Crippen LogP contribution in [-0.2, 0) is 19.1 Å². The van der Waals surface area contributed by atoms with Gasteiger partial charge in [-0.2, -0.15) is 5.26 Å². The van der Waals surface area contributed by atoms with Crippen LogP contribution in [-0.4, -0.2) is 24.4 Å². The van der Waals surface area contributed by atoms with E-state index in [2.05, 4.69) is 10.6 Å². The van der Waals surface area contributed by atoms with Gasteiger partial charge < -0.3 is 15.4 Å². The summed E-state index contributed by atoms with van der Waals surface area (Å²) in [6, 6.07) is 14.8. The van der Waals surface area contributed by atoms with E-state index in [0.29, 0.717) is 5.69 Å². The first-order chi connectivity index (χ1) is 13.4. The van der Waals surface area contributed by atoms with Crippen LogP contribution < -0.4 is 10.6 Å². The lowest BCUT2D eigenvalue weighted by Crippen LogP contribution is -2.29. The summed E-state index contributed by atoms with van der Waals surface area (Å²) in [6.07, 6.45) is -0.112. The van der Waals surface area contributed by atoms with E-state index in [4.69, 9.17) is 21.6 Å². The third-order valence-corrected chi connectivity index (χ3v) is 4.00. The molecule has 0 heterocycles. The minimum atomic E-state index is -0.629. The third-order valence-electron chi connectivity index (χ3n) is 3.69. The minimum Gasteiger partial charge on any atom is -0.455 e. The van der Waals surface area contributed by atoms with E-state index < -0.39 is 24.5 Å². The maximum absolute atomic E-state index is 12.1. The summed E-state index contributed by atoms with van der Waals surface area (Å²) in [4.78, 5) is 35.4. The Kier molecular flexibility index (Phi) is 7.55. The van der Waals surface area contributed by atoms with E-state index in [-0.39, 0.29) is 22.9 Å². The SMILES string of the molecule is CC(=O)N[C@@H](CC(=O)OCC(=O)Nc1ccc(C#N)c(Cl)c1)c1ccccc1. The number of benzene rings is 2. The smallest absolute Gasteiger partial charge is 0.308 e. The van der Waals surface area contributed by atoms with Crippen LogP contribution >= 0.6 is 11.6 Å². The van der Waals surface area contributed by atoms with E-state index in [0.717, 1.165) is 5.56 Å². The first kappa shape index (κ1) is 20.9. The highest BCUT2D eigenvalue weighted by molar-refractivity contribution is 6.32. The molecule has 2 aromatic rings. The van der Waals surface area contributed by atoms with E-state index in [1.165, 1.54) is 25.1 Å². The molecule has 2 rings (SSSR count). The van der Waals surface area contributed by atoms with Crippen molar-refractivity contribution >= 4 is 35.1 Å². The Hall–Kier alpha value is -3.37. The maximum Gasteiger partial charge on any atom is 0.308 e. The van der Waals surface area contributed by atoms with Crippen molar-refractivity contribution in [1.29, 1.82) is 5.26 Å². The molecule has 0 fully saturated rings. The summed E-state index contributed by atoms with van der Waals surface area (Å²) in [7, 11) is 0. The lowest BCUT2D eigenvalue weighted by molar-refractivity contribution is -0.148. The summed E-state index contributed by atoms with van der Waals surface area (Å²) in [5.41, 5.74) is 1.42. The molecule has 0 unspecified atom stereocenters. The average molecular weight is 400 g/mol. The van der Waals surface area contributed by atoms with Crippen LogP contribution in [0.2, 0.25) is 5.02 Å². The number of nitriles is 1. The largest absolute Gasteiger partial charge is 0.455 e. The number of carbonyl (C=O) groups is 3. The number of ether oxygens (including phenoxy) is 1. The molecule has 0 aromatic heterocycles.